The molecule has 0 unspecified atom stereocenters. The van der Waals surface area contributed by atoms with Gasteiger partial charge in [-0.3, -0.25) is 0 Å². The summed E-state index contributed by atoms with van der Waals surface area (Å²) in [6.45, 7) is 5.85. The lowest BCUT2D eigenvalue weighted by atomic mass is 10.1. The fourth-order valence-corrected chi connectivity index (χ4v) is 0.952. The molecule has 0 aromatic heterocycles. The summed E-state index contributed by atoms with van der Waals surface area (Å²) >= 11 is 0. The van der Waals surface area contributed by atoms with Crippen molar-refractivity contribution in [3.05, 3.63) is 48.1 Å². The Bertz CT molecular complexity index is 214. The predicted molar refractivity (Wildman–Crippen MR) is 45.8 cm³/mol. The summed E-state index contributed by atoms with van der Waals surface area (Å²) in [6, 6.07) is 0. The standard InChI is InChI=1S/C10H12/c1-3-10-7-5-4-6-9(2)8-10/h3-5,7-8H,1,6H2,2H3. The first-order chi connectivity index (χ1) is 4.83. The molecule has 0 saturated heterocycles. The SMILES string of the molecule is C=CC1=CC=CCC(C)=C1. The van der Waals surface area contributed by atoms with E-state index in [4.69, 9.17) is 0 Å². The van der Waals surface area contributed by atoms with Crippen LogP contribution < -0.4 is 0 Å². The van der Waals surface area contributed by atoms with Crippen LogP contribution in [0.4, 0.5) is 0 Å². The Labute approximate surface area is 62.3 Å². The first kappa shape index (κ1) is 7.07. The fourth-order valence-electron chi connectivity index (χ4n) is 0.952. The van der Waals surface area contributed by atoms with Gasteiger partial charge in [0.2, 0.25) is 0 Å². The van der Waals surface area contributed by atoms with Gasteiger partial charge < -0.3 is 0 Å². The van der Waals surface area contributed by atoms with Crippen molar-refractivity contribution in [1.82, 2.24) is 0 Å². The van der Waals surface area contributed by atoms with E-state index in [2.05, 4.69) is 37.8 Å². The zero-order valence-electron chi connectivity index (χ0n) is 6.30. The molecule has 0 N–H and O–H groups in total. The zero-order valence-corrected chi connectivity index (χ0v) is 6.30. The third-order valence-electron chi connectivity index (χ3n) is 1.51. The highest BCUT2D eigenvalue weighted by Crippen LogP contribution is 2.11. The quantitative estimate of drug-likeness (QED) is 0.514. The largest absolute Gasteiger partial charge is 0.0985 e. The van der Waals surface area contributed by atoms with Gasteiger partial charge in [0.05, 0.1) is 0 Å². The molecule has 1 aliphatic rings. The van der Waals surface area contributed by atoms with Gasteiger partial charge in [0, 0.05) is 0 Å². The van der Waals surface area contributed by atoms with Crippen LogP contribution >= 0.6 is 0 Å². The van der Waals surface area contributed by atoms with Crippen molar-refractivity contribution in [3.63, 3.8) is 0 Å². The van der Waals surface area contributed by atoms with Gasteiger partial charge in [-0.2, -0.15) is 0 Å². The second-order valence-electron chi connectivity index (χ2n) is 2.49. The van der Waals surface area contributed by atoms with E-state index < -0.39 is 0 Å². The van der Waals surface area contributed by atoms with Crippen molar-refractivity contribution in [2.45, 2.75) is 13.3 Å². The zero-order chi connectivity index (χ0) is 7.40. The molecule has 0 aromatic carbocycles. The van der Waals surface area contributed by atoms with Crippen LogP contribution in [0.2, 0.25) is 0 Å². The lowest BCUT2D eigenvalue weighted by Crippen LogP contribution is -1.72. The second kappa shape index (κ2) is 3.21. The highest BCUT2D eigenvalue weighted by Gasteiger charge is 1.91. The Balaban J connectivity index is 2.88. The lowest BCUT2D eigenvalue weighted by molar-refractivity contribution is 1.22. The van der Waals surface area contributed by atoms with E-state index in [1.165, 1.54) is 11.1 Å². The second-order valence-corrected chi connectivity index (χ2v) is 2.49. The van der Waals surface area contributed by atoms with Gasteiger partial charge in [0.15, 0.2) is 0 Å². The molecule has 0 saturated carbocycles. The Morgan fingerprint density at radius 2 is 2.40 bits per heavy atom. The first-order valence-corrected chi connectivity index (χ1v) is 3.49. The van der Waals surface area contributed by atoms with E-state index in [9.17, 15) is 0 Å². The summed E-state index contributed by atoms with van der Waals surface area (Å²) in [5, 5.41) is 0. The summed E-state index contributed by atoms with van der Waals surface area (Å²) in [4.78, 5) is 0. The minimum absolute atomic E-state index is 1.06. The summed E-state index contributed by atoms with van der Waals surface area (Å²) in [5.41, 5.74) is 2.59. The number of allylic oxidation sites excluding steroid dienone is 7. The molecular formula is C10H12. The molecule has 0 aliphatic heterocycles. The van der Waals surface area contributed by atoms with Crippen molar-refractivity contribution >= 4 is 0 Å². The molecule has 0 bridgehead atoms. The highest BCUT2D eigenvalue weighted by molar-refractivity contribution is 5.37. The molecule has 0 amide bonds. The van der Waals surface area contributed by atoms with Crippen molar-refractivity contribution < 1.29 is 0 Å². The van der Waals surface area contributed by atoms with Crippen LogP contribution in [0.3, 0.4) is 0 Å². The first-order valence-electron chi connectivity index (χ1n) is 3.49. The van der Waals surface area contributed by atoms with Crippen LogP contribution in [0.5, 0.6) is 0 Å². The Morgan fingerprint density at radius 3 is 3.10 bits per heavy atom. The van der Waals surface area contributed by atoms with Crippen LogP contribution in [-0.2, 0) is 0 Å². The molecule has 10 heavy (non-hydrogen) atoms. The van der Waals surface area contributed by atoms with Gasteiger partial charge in [0.25, 0.3) is 0 Å². The monoisotopic (exact) mass is 132 g/mol. The van der Waals surface area contributed by atoms with Gasteiger partial charge in [0.1, 0.15) is 0 Å². The maximum atomic E-state index is 3.71. The van der Waals surface area contributed by atoms with Gasteiger partial charge >= 0.3 is 0 Å². The molecule has 1 aliphatic carbocycles. The Kier molecular flexibility index (Phi) is 2.27. The third kappa shape index (κ3) is 1.73. The van der Waals surface area contributed by atoms with Crippen molar-refractivity contribution in [2.75, 3.05) is 0 Å². The van der Waals surface area contributed by atoms with E-state index in [-0.39, 0.29) is 0 Å². The molecule has 0 heteroatoms. The molecule has 0 radical (unpaired) electrons. The van der Waals surface area contributed by atoms with Crippen LogP contribution in [0.15, 0.2) is 48.1 Å². The average Bonchev–Trinajstić information content (AvgIpc) is 2.13. The van der Waals surface area contributed by atoms with Gasteiger partial charge in [-0.1, -0.05) is 42.5 Å². The normalized spacial score (nSPS) is 17.3. The summed E-state index contributed by atoms with van der Waals surface area (Å²) in [7, 11) is 0. The highest BCUT2D eigenvalue weighted by atomic mass is 14.0. The molecule has 0 aromatic rings. The fraction of sp³-hybridized carbons (Fsp3) is 0.200. The van der Waals surface area contributed by atoms with Crippen LogP contribution in [-0.4, -0.2) is 0 Å². The number of hydrogen-bond donors (Lipinski definition) is 0. The predicted octanol–water partition coefficient (Wildman–Crippen LogP) is 3.01. The molecule has 0 spiro atoms. The van der Waals surface area contributed by atoms with Crippen LogP contribution in [0, 0.1) is 0 Å². The molecule has 1 rings (SSSR count). The van der Waals surface area contributed by atoms with E-state index in [0.717, 1.165) is 6.42 Å². The maximum absolute atomic E-state index is 3.71. The molecule has 0 fully saturated rings. The smallest absolute Gasteiger partial charge is 0.0135 e. The molecular weight excluding hydrogens is 120 g/mol. The Hall–Kier alpha value is -1.04. The molecule has 52 valence electrons. The van der Waals surface area contributed by atoms with Crippen LogP contribution in [0.1, 0.15) is 13.3 Å². The third-order valence-corrected chi connectivity index (χ3v) is 1.51. The van der Waals surface area contributed by atoms with E-state index in [1.54, 1.807) is 0 Å². The minimum Gasteiger partial charge on any atom is -0.0985 e. The molecule has 0 atom stereocenters. The topological polar surface area (TPSA) is 0 Å². The summed E-state index contributed by atoms with van der Waals surface area (Å²) in [6.07, 6.45) is 11.4. The maximum Gasteiger partial charge on any atom is -0.0135 e. The molecule has 0 nitrogen and oxygen atoms in total. The number of rotatable bonds is 1. The van der Waals surface area contributed by atoms with E-state index >= 15 is 0 Å². The van der Waals surface area contributed by atoms with E-state index in [0.29, 0.717) is 0 Å². The van der Waals surface area contributed by atoms with Gasteiger partial charge in [-0.15, -0.1) is 0 Å². The van der Waals surface area contributed by atoms with Crippen molar-refractivity contribution in [1.29, 1.82) is 0 Å². The summed E-state index contributed by atoms with van der Waals surface area (Å²) in [5.74, 6) is 0. The van der Waals surface area contributed by atoms with Gasteiger partial charge in [-0.25, -0.2) is 0 Å². The average molecular weight is 132 g/mol. The molecule has 0 heterocycles. The van der Waals surface area contributed by atoms with E-state index in [1.807, 2.05) is 6.08 Å². The van der Waals surface area contributed by atoms with Crippen LogP contribution in [0.25, 0.3) is 0 Å². The van der Waals surface area contributed by atoms with Crippen molar-refractivity contribution in [2.24, 2.45) is 0 Å². The lowest BCUT2D eigenvalue weighted by Gasteiger charge is -1.92. The minimum atomic E-state index is 1.06. The van der Waals surface area contributed by atoms with Gasteiger partial charge in [-0.05, 0) is 18.9 Å². The summed E-state index contributed by atoms with van der Waals surface area (Å²) < 4.78 is 0. The number of hydrogen-bond acceptors (Lipinski definition) is 0. The Morgan fingerprint density at radius 1 is 1.60 bits per heavy atom. The van der Waals surface area contributed by atoms with Crippen molar-refractivity contribution in [3.8, 4) is 0 Å².